The maximum atomic E-state index is 14.2. The number of para-hydroxylation sites is 1. The molecule has 0 aliphatic heterocycles. The van der Waals surface area contributed by atoms with Crippen LogP contribution in [0.2, 0.25) is 0 Å². The van der Waals surface area contributed by atoms with Crippen LogP contribution in [0, 0.1) is 11.8 Å². The number of amides is 1. The highest BCUT2D eigenvalue weighted by Gasteiger charge is 2.40. The van der Waals surface area contributed by atoms with Crippen molar-refractivity contribution in [2.45, 2.75) is 57.2 Å². The Morgan fingerprint density at radius 3 is 2.68 bits per heavy atom. The van der Waals surface area contributed by atoms with Gasteiger partial charge in [-0.25, -0.2) is 0 Å². The Bertz CT molecular complexity index is 724. The molecule has 4 atom stereocenters. The largest absolute Gasteiger partial charge is 0.487 e. The minimum Gasteiger partial charge on any atom is -0.487 e. The fraction of sp³-hybridized carbons (Fsp3) is 0.542. The summed E-state index contributed by atoms with van der Waals surface area (Å²) in [5.41, 5.74) is 0. The Balaban J connectivity index is 1.84. The summed E-state index contributed by atoms with van der Waals surface area (Å²) < 4.78 is 33.6. The lowest BCUT2D eigenvalue weighted by molar-refractivity contribution is -0.121. The first-order chi connectivity index (χ1) is 14.8. The number of carbonyl (C=O) groups excluding carboxylic acids is 1. The van der Waals surface area contributed by atoms with Crippen molar-refractivity contribution in [3.8, 4) is 5.75 Å². The van der Waals surface area contributed by atoms with Gasteiger partial charge in [-0.05, 0) is 50.3 Å². The Kier molecular flexibility index (Phi) is 10.1. The van der Waals surface area contributed by atoms with Gasteiger partial charge < -0.3 is 20.3 Å². The van der Waals surface area contributed by atoms with E-state index < -0.39 is 30.7 Å². The van der Waals surface area contributed by atoms with E-state index in [1.165, 1.54) is 6.08 Å². The summed E-state index contributed by atoms with van der Waals surface area (Å²) in [5, 5.41) is 23.2. The highest BCUT2D eigenvalue weighted by molar-refractivity contribution is 5.75. The topological polar surface area (TPSA) is 78.8 Å². The summed E-state index contributed by atoms with van der Waals surface area (Å²) in [6.07, 6.45) is 6.81. The fourth-order valence-corrected chi connectivity index (χ4v) is 3.74. The zero-order valence-electron chi connectivity index (χ0n) is 17.9. The molecule has 1 aliphatic rings. The normalized spacial score (nSPS) is 24.2. The number of nitrogens with one attached hydrogen (secondary N) is 1. The molecule has 1 aromatic carbocycles. The number of ether oxygens (including phenoxy) is 1. The van der Waals surface area contributed by atoms with Crippen LogP contribution in [0.4, 0.5) is 8.78 Å². The number of carbonyl (C=O) groups is 1. The number of aliphatic hydroxyl groups excluding tert-OH is 2. The van der Waals surface area contributed by atoms with Crippen molar-refractivity contribution >= 4 is 5.91 Å². The van der Waals surface area contributed by atoms with E-state index in [-0.39, 0.29) is 18.2 Å². The molecule has 7 heteroatoms. The third kappa shape index (κ3) is 8.79. The highest BCUT2D eigenvalue weighted by atomic mass is 19.3. The van der Waals surface area contributed by atoms with E-state index in [0.29, 0.717) is 25.1 Å². The van der Waals surface area contributed by atoms with Crippen LogP contribution in [-0.4, -0.2) is 47.4 Å². The summed E-state index contributed by atoms with van der Waals surface area (Å²) >= 11 is 0. The van der Waals surface area contributed by atoms with Gasteiger partial charge in [-0.3, -0.25) is 4.79 Å². The zero-order chi connectivity index (χ0) is 22.7. The molecule has 0 bridgehead atoms. The number of halogens is 2. The van der Waals surface area contributed by atoms with Crippen molar-refractivity contribution in [3.63, 3.8) is 0 Å². The predicted octanol–water partition coefficient (Wildman–Crippen LogP) is 3.87. The van der Waals surface area contributed by atoms with E-state index in [2.05, 4.69) is 5.32 Å². The summed E-state index contributed by atoms with van der Waals surface area (Å²) in [6.45, 7) is 1.69. The minimum absolute atomic E-state index is 0.0209. The maximum absolute atomic E-state index is 14.2. The quantitative estimate of drug-likeness (QED) is 0.343. The summed E-state index contributed by atoms with van der Waals surface area (Å²) in [4.78, 5) is 11.4. The van der Waals surface area contributed by atoms with Gasteiger partial charge in [0.1, 0.15) is 5.75 Å². The van der Waals surface area contributed by atoms with Gasteiger partial charge in [-0.2, -0.15) is 8.78 Å². The Morgan fingerprint density at radius 1 is 1.23 bits per heavy atom. The molecule has 0 unspecified atom stereocenters. The van der Waals surface area contributed by atoms with Crippen LogP contribution in [0.5, 0.6) is 5.75 Å². The Hall–Kier alpha value is -2.25. The highest BCUT2D eigenvalue weighted by Crippen LogP contribution is 2.37. The SMILES string of the molecule is CCNC(=O)CCCC=CC[C@@H]1[C@@H](/C=C/C(F)(F)COc2ccccc2)[C@H](O)C[C@@H]1O. The molecule has 0 spiro atoms. The molecule has 1 amide bonds. The van der Waals surface area contributed by atoms with Gasteiger partial charge in [-0.15, -0.1) is 0 Å². The van der Waals surface area contributed by atoms with E-state index in [9.17, 15) is 23.8 Å². The van der Waals surface area contributed by atoms with Gasteiger partial charge in [0.25, 0.3) is 5.92 Å². The lowest BCUT2D eigenvalue weighted by Crippen LogP contribution is -2.25. The predicted molar refractivity (Wildman–Crippen MR) is 116 cm³/mol. The first kappa shape index (κ1) is 25.0. The van der Waals surface area contributed by atoms with Gasteiger partial charge in [0.2, 0.25) is 5.91 Å². The van der Waals surface area contributed by atoms with Crippen LogP contribution < -0.4 is 10.1 Å². The molecule has 5 nitrogen and oxygen atoms in total. The zero-order valence-corrected chi connectivity index (χ0v) is 17.9. The number of aliphatic hydroxyl groups is 2. The van der Waals surface area contributed by atoms with E-state index in [1.54, 1.807) is 30.3 Å². The van der Waals surface area contributed by atoms with Crippen molar-refractivity contribution < 1.29 is 28.5 Å². The first-order valence-corrected chi connectivity index (χ1v) is 10.8. The minimum atomic E-state index is -3.19. The molecule has 0 saturated heterocycles. The van der Waals surface area contributed by atoms with Crippen LogP contribution in [-0.2, 0) is 4.79 Å². The third-order valence-corrected chi connectivity index (χ3v) is 5.38. The van der Waals surface area contributed by atoms with Gasteiger partial charge in [0, 0.05) is 25.3 Å². The van der Waals surface area contributed by atoms with Crippen LogP contribution in [0.3, 0.4) is 0 Å². The molecule has 31 heavy (non-hydrogen) atoms. The summed E-state index contributed by atoms with van der Waals surface area (Å²) in [7, 11) is 0. The van der Waals surface area contributed by atoms with Crippen LogP contribution in [0.25, 0.3) is 0 Å². The molecule has 0 heterocycles. The standard InChI is InChI=1S/C24H33F2NO4/c1-2-27-23(30)13-9-4-3-8-12-19-20(22(29)16-21(19)28)14-15-24(25,26)17-31-18-10-6-5-7-11-18/h3,5-8,10-11,14-15,19-22,28-29H,2,4,9,12-13,16-17H2,1H3,(H,27,30)/b8-3?,15-14+/t19-,20-,21+,22-/m1/s1. The third-order valence-electron chi connectivity index (χ3n) is 5.38. The van der Waals surface area contributed by atoms with E-state index >= 15 is 0 Å². The molecule has 2 rings (SSSR count). The molecule has 1 fully saturated rings. The summed E-state index contributed by atoms with van der Waals surface area (Å²) in [5.74, 6) is -3.70. The lowest BCUT2D eigenvalue weighted by Gasteiger charge is -2.20. The number of unbranched alkanes of at least 4 members (excludes halogenated alkanes) is 1. The lowest BCUT2D eigenvalue weighted by atomic mass is 9.89. The van der Waals surface area contributed by atoms with E-state index in [4.69, 9.17) is 4.74 Å². The van der Waals surface area contributed by atoms with Crippen LogP contribution >= 0.6 is 0 Å². The van der Waals surface area contributed by atoms with Crippen LogP contribution in [0.15, 0.2) is 54.6 Å². The van der Waals surface area contributed by atoms with Gasteiger partial charge in [-0.1, -0.05) is 36.4 Å². The number of benzene rings is 1. The number of hydrogen-bond donors (Lipinski definition) is 3. The molecule has 0 radical (unpaired) electrons. The average molecular weight is 438 g/mol. The van der Waals surface area contributed by atoms with E-state index in [0.717, 1.165) is 18.9 Å². The maximum Gasteiger partial charge on any atom is 0.299 e. The molecule has 1 aromatic rings. The van der Waals surface area contributed by atoms with Gasteiger partial charge in [0.05, 0.1) is 12.2 Å². The smallest absolute Gasteiger partial charge is 0.299 e. The van der Waals surface area contributed by atoms with Gasteiger partial charge in [0.15, 0.2) is 6.61 Å². The number of allylic oxidation sites excluding steroid dienone is 2. The summed E-state index contributed by atoms with van der Waals surface area (Å²) in [6, 6.07) is 8.40. The second-order valence-corrected chi connectivity index (χ2v) is 7.89. The molecule has 1 saturated carbocycles. The number of rotatable bonds is 12. The van der Waals surface area contributed by atoms with Gasteiger partial charge >= 0.3 is 0 Å². The van der Waals surface area contributed by atoms with Crippen molar-refractivity contribution in [3.05, 3.63) is 54.6 Å². The molecular weight excluding hydrogens is 404 g/mol. The molecule has 1 aliphatic carbocycles. The molecule has 172 valence electrons. The molecule has 0 aromatic heterocycles. The van der Waals surface area contributed by atoms with Crippen LogP contribution in [0.1, 0.15) is 39.0 Å². The Labute approximate surface area is 182 Å². The number of hydrogen-bond acceptors (Lipinski definition) is 4. The molecular formula is C24H33F2NO4. The van der Waals surface area contributed by atoms with Crippen molar-refractivity contribution in [2.24, 2.45) is 11.8 Å². The monoisotopic (exact) mass is 437 g/mol. The van der Waals surface area contributed by atoms with Crippen molar-refractivity contribution in [1.29, 1.82) is 0 Å². The van der Waals surface area contributed by atoms with Crippen molar-refractivity contribution in [1.82, 2.24) is 5.32 Å². The fourth-order valence-electron chi connectivity index (χ4n) is 3.74. The van der Waals surface area contributed by atoms with E-state index in [1.807, 2.05) is 19.1 Å². The Morgan fingerprint density at radius 2 is 1.97 bits per heavy atom. The molecule has 3 N–H and O–H groups in total. The second-order valence-electron chi connectivity index (χ2n) is 7.89. The van der Waals surface area contributed by atoms with Crippen molar-refractivity contribution in [2.75, 3.05) is 13.2 Å². The second kappa shape index (κ2) is 12.6. The first-order valence-electron chi connectivity index (χ1n) is 10.8. The number of alkyl halides is 2. The average Bonchev–Trinajstić information content (AvgIpc) is 3.01.